The van der Waals surface area contributed by atoms with Gasteiger partial charge in [-0.1, -0.05) is 19.3 Å². The second kappa shape index (κ2) is 7.87. The quantitative estimate of drug-likeness (QED) is 0.707. The summed E-state index contributed by atoms with van der Waals surface area (Å²) in [6.45, 7) is 2.73. The Morgan fingerprint density at radius 2 is 2.03 bits per heavy atom. The molecule has 2 aliphatic carbocycles. The third kappa shape index (κ3) is 4.12. The molecule has 3 aliphatic rings. The Morgan fingerprint density at radius 1 is 1.20 bits per heavy atom. The van der Waals surface area contributed by atoms with Crippen molar-refractivity contribution in [3.05, 3.63) is 36.0 Å². The monoisotopic (exact) mass is 406 g/mol. The average molecular weight is 407 g/mol. The number of carbonyl (C=O) groups is 1. The van der Waals surface area contributed by atoms with E-state index in [4.69, 9.17) is 10.7 Å². The molecular weight excluding hydrogens is 376 g/mol. The molecule has 5 rings (SSSR count). The molecule has 2 aromatic heterocycles. The number of hydrogen-bond donors (Lipinski definition) is 3. The van der Waals surface area contributed by atoms with Gasteiger partial charge in [0, 0.05) is 48.5 Å². The predicted molar refractivity (Wildman–Crippen MR) is 119 cm³/mol. The summed E-state index contributed by atoms with van der Waals surface area (Å²) in [6, 6.07) is 8.09. The maximum absolute atomic E-state index is 12.0. The van der Waals surface area contributed by atoms with Gasteiger partial charge in [-0.25, -0.2) is 9.97 Å². The molecule has 2 saturated carbocycles. The van der Waals surface area contributed by atoms with Crippen LogP contribution in [0, 0.1) is 0 Å². The summed E-state index contributed by atoms with van der Waals surface area (Å²) in [5.41, 5.74) is 8.10. The van der Waals surface area contributed by atoms with Crippen LogP contribution in [-0.2, 0) is 0 Å². The molecule has 1 aliphatic heterocycles. The van der Waals surface area contributed by atoms with Gasteiger partial charge in [-0.05, 0) is 49.9 Å². The van der Waals surface area contributed by atoms with E-state index in [2.05, 4.69) is 20.5 Å². The van der Waals surface area contributed by atoms with Crippen LogP contribution in [0.25, 0.3) is 11.3 Å². The molecule has 0 aromatic carbocycles. The number of hydrogen-bond acceptors (Lipinski definition) is 6. The van der Waals surface area contributed by atoms with Gasteiger partial charge in [-0.3, -0.25) is 4.79 Å². The minimum absolute atomic E-state index is 0.233. The van der Waals surface area contributed by atoms with Crippen molar-refractivity contribution in [3.63, 3.8) is 0 Å². The summed E-state index contributed by atoms with van der Waals surface area (Å²) in [5.74, 6) is 1.27. The molecular formula is C23H30N6O. The smallest absolute Gasteiger partial charge is 0.248 e. The molecule has 30 heavy (non-hydrogen) atoms. The minimum Gasteiger partial charge on any atom is -0.367 e. The van der Waals surface area contributed by atoms with Crippen LogP contribution in [0.15, 0.2) is 30.5 Å². The van der Waals surface area contributed by atoms with Gasteiger partial charge in [0.05, 0.1) is 5.69 Å². The van der Waals surface area contributed by atoms with Crippen molar-refractivity contribution in [1.29, 1.82) is 0 Å². The van der Waals surface area contributed by atoms with Crippen molar-refractivity contribution in [2.45, 2.75) is 56.5 Å². The van der Waals surface area contributed by atoms with Crippen molar-refractivity contribution < 1.29 is 4.79 Å². The van der Waals surface area contributed by atoms with Crippen molar-refractivity contribution >= 4 is 17.5 Å². The van der Waals surface area contributed by atoms with Crippen LogP contribution in [-0.4, -0.2) is 47.1 Å². The molecule has 1 spiro atoms. The summed E-state index contributed by atoms with van der Waals surface area (Å²) in [7, 11) is 0. The first-order valence-corrected chi connectivity index (χ1v) is 11.2. The molecule has 4 N–H and O–H groups in total. The lowest BCUT2D eigenvalue weighted by Gasteiger charge is -2.35. The van der Waals surface area contributed by atoms with Crippen LogP contribution in [0.1, 0.15) is 55.3 Å². The fourth-order valence-electron chi connectivity index (χ4n) is 4.73. The highest BCUT2D eigenvalue weighted by Gasteiger charge is 2.45. The number of anilines is 2. The normalized spacial score (nSPS) is 20.9. The van der Waals surface area contributed by atoms with E-state index in [0.29, 0.717) is 11.6 Å². The lowest BCUT2D eigenvalue weighted by Crippen LogP contribution is -2.52. The van der Waals surface area contributed by atoms with Crippen LogP contribution in [0.2, 0.25) is 0 Å². The average Bonchev–Trinajstić information content (AvgIpc) is 3.52. The van der Waals surface area contributed by atoms with E-state index >= 15 is 0 Å². The lowest BCUT2D eigenvalue weighted by molar-refractivity contribution is 0.1000. The molecule has 7 nitrogen and oxygen atoms in total. The molecule has 7 heteroatoms. The zero-order valence-corrected chi connectivity index (χ0v) is 17.4. The predicted octanol–water partition coefficient (Wildman–Crippen LogP) is 2.93. The number of carbonyl (C=O) groups excluding carboxylic acids is 1. The Kier molecular flexibility index (Phi) is 5.06. The third-order valence-corrected chi connectivity index (χ3v) is 6.66. The van der Waals surface area contributed by atoms with Gasteiger partial charge < -0.3 is 21.3 Å². The highest BCUT2D eigenvalue weighted by atomic mass is 16.1. The zero-order valence-electron chi connectivity index (χ0n) is 17.4. The Morgan fingerprint density at radius 3 is 2.80 bits per heavy atom. The molecule has 0 atom stereocenters. The van der Waals surface area contributed by atoms with Gasteiger partial charge in [0.15, 0.2) is 0 Å². The topological polar surface area (TPSA) is 96.2 Å². The number of aromatic nitrogens is 2. The Hall–Kier alpha value is -2.67. The maximum atomic E-state index is 12.0. The standard InChI is InChI=1S/C23H30N6O/c24-22(30)17-12-19(28-21(14-17)29-11-10-26-23(15-29)7-8-23)16-6-9-25-20(13-16)27-18-4-2-1-3-5-18/h6,9,12-14,18,26H,1-5,7-8,10-11,15H2,(H2,24,30)(H,25,27). The first-order valence-electron chi connectivity index (χ1n) is 11.2. The number of rotatable bonds is 5. The molecule has 0 unspecified atom stereocenters. The van der Waals surface area contributed by atoms with Crippen LogP contribution < -0.4 is 21.3 Å². The Bertz CT molecular complexity index is 935. The van der Waals surface area contributed by atoms with E-state index in [0.717, 1.165) is 42.5 Å². The van der Waals surface area contributed by atoms with Crippen LogP contribution in [0.3, 0.4) is 0 Å². The fourth-order valence-corrected chi connectivity index (χ4v) is 4.73. The molecule has 3 fully saturated rings. The molecule has 1 amide bonds. The first-order chi connectivity index (χ1) is 14.6. The van der Waals surface area contributed by atoms with Crippen molar-refractivity contribution in [3.8, 4) is 11.3 Å². The molecule has 0 radical (unpaired) electrons. The zero-order chi connectivity index (χ0) is 20.6. The summed E-state index contributed by atoms with van der Waals surface area (Å²) < 4.78 is 0. The Labute approximate surface area is 177 Å². The first kappa shape index (κ1) is 19.3. The highest BCUT2D eigenvalue weighted by Crippen LogP contribution is 2.39. The lowest BCUT2D eigenvalue weighted by atomic mass is 9.95. The fraction of sp³-hybridized carbons (Fsp3) is 0.522. The third-order valence-electron chi connectivity index (χ3n) is 6.66. The number of amides is 1. The summed E-state index contributed by atoms with van der Waals surface area (Å²) >= 11 is 0. The second-order valence-electron chi connectivity index (χ2n) is 9.00. The largest absolute Gasteiger partial charge is 0.367 e. The number of primary amides is 1. The molecule has 1 saturated heterocycles. The molecule has 3 heterocycles. The summed E-state index contributed by atoms with van der Waals surface area (Å²) in [4.78, 5) is 23.7. The number of nitrogens with zero attached hydrogens (tertiary/aromatic N) is 3. The van der Waals surface area contributed by atoms with E-state index in [-0.39, 0.29) is 5.54 Å². The summed E-state index contributed by atoms with van der Waals surface area (Å²) in [6.07, 6.45) is 10.5. The van der Waals surface area contributed by atoms with Crippen molar-refractivity contribution in [2.24, 2.45) is 5.73 Å². The van der Waals surface area contributed by atoms with E-state index in [1.807, 2.05) is 24.4 Å². The van der Waals surface area contributed by atoms with E-state index in [1.54, 1.807) is 6.07 Å². The van der Waals surface area contributed by atoms with Gasteiger partial charge in [-0.15, -0.1) is 0 Å². The van der Waals surface area contributed by atoms with Gasteiger partial charge in [0.25, 0.3) is 0 Å². The van der Waals surface area contributed by atoms with E-state index in [1.165, 1.54) is 44.9 Å². The van der Waals surface area contributed by atoms with Crippen molar-refractivity contribution in [1.82, 2.24) is 15.3 Å². The second-order valence-corrected chi connectivity index (χ2v) is 9.00. The minimum atomic E-state index is -0.425. The van der Waals surface area contributed by atoms with E-state index < -0.39 is 5.91 Å². The SMILES string of the molecule is NC(=O)c1cc(-c2ccnc(NC3CCCCC3)c2)nc(N2CCNC3(CC3)C2)c1. The highest BCUT2D eigenvalue weighted by molar-refractivity contribution is 5.94. The van der Waals surface area contributed by atoms with Gasteiger partial charge >= 0.3 is 0 Å². The molecule has 0 bridgehead atoms. The number of piperazine rings is 1. The van der Waals surface area contributed by atoms with E-state index in [9.17, 15) is 4.79 Å². The Balaban J connectivity index is 1.44. The van der Waals surface area contributed by atoms with Gasteiger partial charge in [-0.2, -0.15) is 0 Å². The molecule has 158 valence electrons. The molecule has 2 aromatic rings. The number of pyridine rings is 2. The summed E-state index contributed by atoms with van der Waals surface area (Å²) in [5, 5.41) is 7.20. The number of nitrogens with two attached hydrogens (primary N) is 1. The van der Waals surface area contributed by atoms with Gasteiger partial charge in [0.1, 0.15) is 11.6 Å². The van der Waals surface area contributed by atoms with Crippen LogP contribution >= 0.6 is 0 Å². The van der Waals surface area contributed by atoms with Gasteiger partial charge in [0.2, 0.25) is 5.91 Å². The van der Waals surface area contributed by atoms with Crippen LogP contribution in [0.4, 0.5) is 11.6 Å². The number of nitrogens with one attached hydrogen (secondary N) is 2. The van der Waals surface area contributed by atoms with Crippen LogP contribution in [0.5, 0.6) is 0 Å². The maximum Gasteiger partial charge on any atom is 0.248 e. The van der Waals surface area contributed by atoms with Crippen molar-refractivity contribution in [2.75, 3.05) is 29.9 Å².